The highest BCUT2D eigenvalue weighted by molar-refractivity contribution is 5.10. The highest BCUT2D eigenvalue weighted by Crippen LogP contribution is 2.06. The lowest BCUT2D eigenvalue weighted by atomic mass is 10.0. The van der Waals surface area contributed by atoms with E-state index < -0.39 is 0 Å². The number of pyridine rings is 1. The second kappa shape index (κ2) is 7.18. The Kier molecular flexibility index (Phi) is 5.79. The number of likely N-dealkylation sites (N-methyl/N-ethyl adjacent to an activating group) is 1. The number of hydrogen-bond acceptors (Lipinski definition) is 2. The summed E-state index contributed by atoms with van der Waals surface area (Å²) in [5.74, 6) is 0. The van der Waals surface area contributed by atoms with E-state index in [9.17, 15) is 0 Å². The van der Waals surface area contributed by atoms with E-state index in [1.54, 1.807) is 0 Å². The van der Waals surface area contributed by atoms with Crippen LogP contribution in [0.25, 0.3) is 0 Å². The minimum atomic E-state index is 0.482. The second-order valence-electron chi connectivity index (χ2n) is 4.31. The summed E-state index contributed by atoms with van der Waals surface area (Å²) in [7, 11) is 0. The fraction of sp³-hybridized carbons (Fsp3) is 0.500. The van der Waals surface area contributed by atoms with E-state index >= 15 is 0 Å². The Morgan fingerprint density at radius 3 is 2.88 bits per heavy atom. The summed E-state index contributed by atoms with van der Waals surface area (Å²) in [6.07, 6.45) is 8.28. The summed E-state index contributed by atoms with van der Waals surface area (Å²) in [5.41, 5.74) is 2.68. The predicted molar refractivity (Wildman–Crippen MR) is 69.5 cm³/mol. The minimum Gasteiger partial charge on any atom is -0.311 e. The van der Waals surface area contributed by atoms with E-state index in [2.05, 4.69) is 43.2 Å². The van der Waals surface area contributed by atoms with Crippen molar-refractivity contribution < 1.29 is 0 Å². The van der Waals surface area contributed by atoms with E-state index in [-0.39, 0.29) is 0 Å². The molecule has 0 aliphatic heterocycles. The van der Waals surface area contributed by atoms with Gasteiger partial charge in [0.1, 0.15) is 0 Å². The van der Waals surface area contributed by atoms with Crippen molar-refractivity contribution in [3.63, 3.8) is 0 Å². The number of allylic oxidation sites excluding steroid dienone is 1. The first kappa shape index (κ1) is 12.9. The van der Waals surface area contributed by atoms with Crippen LogP contribution < -0.4 is 5.32 Å². The monoisotopic (exact) mass is 218 g/mol. The molecule has 0 spiro atoms. The molecule has 0 saturated heterocycles. The van der Waals surface area contributed by atoms with Crippen LogP contribution in [0.3, 0.4) is 0 Å². The van der Waals surface area contributed by atoms with E-state index in [1.165, 1.54) is 11.1 Å². The maximum absolute atomic E-state index is 4.13. The maximum Gasteiger partial charge on any atom is 0.0299 e. The standard InChI is InChI=1S/C14H22N2/c1-4-16-14(10-12(2)3)8-7-13-6-5-9-15-11-13/h5-6,9-11,14,16H,4,7-8H2,1-3H3. The molecule has 0 amide bonds. The number of hydrogen-bond donors (Lipinski definition) is 1. The molecule has 1 heterocycles. The Hall–Kier alpha value is -1.15. The molecular weight excluding hydrogens is 196 g/mol. The first-order valence-electron chi connectivity index (χ1n) is 5.99. The van der Waals surface area contributed by atoms with Crippen molar-refractivity contribution in [2.24, 2.45) is 0 Å². The van der Waals surface area contributed by atoms with Crippen LogP contribution in [-0.4, -0.2) is 17.6 Å². The molecule has 0 aliphatic carbocycles. The quantitative estimate of drug-likeness (QED) is 0.743. The lowest BCUT2D eigenvalue weighted by Gasteiger charge is -2.14. The highest BCUT2D eigenvalue weighted by Gasteiger charge is 2.03. The molecule has 0 radical (unpaired) electrons. The third-order valence-corrected chi connectivity index (χ3v) is 2.47. The van der Waals surface area contributed by atoms with Crippen LogP contribution in [0.1, 0.15) is 32.8 Å². The van der Waals surface area contributed by atoms with Crippen molar-refractivity contribution >= 4 is 0 Å². The number of nitrogens with zero attached hydrogens (tertiary/aromatic N) is 1. The fourth-order valence-corrected chi connectivity index (χ4v) is 1.78. The molecule has 1 aromatic heterocycles. The Morgan fingerprint density at radius 2 is 2.31 bits per heavy atom. The molecule has 1 unspecified atom stereocenters. The Morgan fingerprint density at radius 1 is 1.50 bits per heavy atom. The van der Waals surface area contributed by atoms with E-state index in [4.69, 9.17) is 0 Å². The molecule has 1 atom stereocenters. The largest absolute Gasteiger partial charge is 0.311 e. The van der Waals surface area contributed by atoms with Crippen molar-refractivity contribution in [3.05, 3.63) is 41.7 Å². The molecule has 1 aromatic rings. The summed E-state index contributed by atoms with van der Waals surface area (Å²) < 4.78 is 0. The van der Waals surface area contributed by atoms with E-state index in [1.807, 2.05) is 18.5 Å². The molecule has 0 aromatic carbocycles. The summed E-state index contributed by atoms with van der Waals surface area (Å²) in [5, 5.41) is 3.49. The van der Waals surface area contributed by atoms with Crippen LogP contribution in [0.5, 0.6) is 0 Å². The highest BCUT2D eigenvalue weighted by atomic mass is 14.9. The van der Waals surface area contributed by atoms with Gasteiger partial charge in [0.05, 0.1) is 0 Å². The predicted octanol–water partition coefficient (Wildman–Crippen LogP) is 2.96. The van der Waals surface area contributed by atoms with E-state index in [0.717, 1.165) is 19.4 Å². The molecule has 0 bridgehead atoms. The number of rotatable bonds is 6. The average Bonchev–Trinajstić information content (AvgIpc) is 2.27. The van der Waals surface area contributed by atoms with Gasteiger partial charge in [0.15, 0.2) is 0 Å². The molecule has 88 valence electrons. The average molecular weight is 218 g/mol. The van der Waals surface area contributed by atoms with Gasteiger partial charge in [-0.15, -0.1) is 0 Å². The zero-order valence-corrected chi connectivity index (χ0v) is 10.5. The Bertz CT molecular complexity index is 313. The molecule has 2 heteroatoms. The second-order valence-corrected chi connectivity index (χ2v) is 4.31. The minimum absolute atomic E-state index is 0.482. The molecule has 16 heavy (non-hydrogen) atoms. The molecule has 1 N–H and O–H groups in total. The topological polar surface area (TPSA) is 24.9 Å². The molecule has 0 saturated carbocycles. The summed E-state index contributed by atoms with van der Waals surface area (Å²) >= 11 is 0. The first-order chi connectivity index (χ1) is 7.72. The van der Waals surface area contributed by atoms with Crippen LogP contribution in [0.15, 0.2) is 36.2 Å². The summed E-state index contributed by atoms with van der Waals surface area (Å²) in [6, 6.07) is 4.62. The van der Waals surface area contributed by atoms with E-state index in [0.29, 0.717) is 6.04 Å². The van der Waals surface area contributed by atoms with Crippen LogP contribution >= 0.6 is 0 Å². The maximum atomic E-state index is 4.13. The van der Waals surface area contributed by atoms with Crippen molar-refractivity contribution in [2.45, 2.75) is 39.7 Å². The van der Waals surface area contributed by atoms with Gasteiger partial charge in [-0.2, -0.15) is 0 Å². The summed E-state index contributed by atoms with van der Waals surface area (Å²) in [4.78, 5) is 4.13. The lowest BCUT2D eigenvalue weighted by Crippen LogP contribution is -2.27. The molecule has 0 fully saturated rings. The Balaban J connectivity index is 2.47. The molecule has 0 aliphatic rings. The van der Waals surface area contributed by atoms with Gasteiger partial charge in [0.25, 0.3) is 0 Å². The van der Waals surface area contributed by atoms with Gasteiger partial charge < -0.3 is 5.32 Å². The van der Waals surface area contributed by atoms with Crippen molar-refractivity contribution in [1.82, 2.24) is 10.3 Å². The Labute approximate surface area is 98.8 Å². The van der Waals surface area contributed by atoms with Crippen molar-refractivity contribution in [3.8, 4) is 0 Å². The van der Waals surface area contributed by atoms with Gasteiger partial charge in [-0.25, -0.2) is 0 Å². The first-order valence-corrected chi connectivity index (χ1v) is 5.99. The number of aromatic nitrogens is 1. The van der Waals surface area contributed by atoms with Gasteiger partial charge in [-0.1, -0.05) is 24.6 Å². The van der Waals surface area contributed by atoms with Crippen molar-refractivity contribution in [2.75, 3.05) is 6.54 Å². The lowest BCUT2D eigenvalue weighted by molar-refractivity contribution is 0.571. The zero-order chi connectivity index (χ0) is 11.8. The number of aryl methyl sites for hydroxylation is 1. The van der Waals surface area contributed by atoms with Crippen LogP contribution in [-0.2, 0) is 6.42 Å². The zero-order valence-electron chi connectivity index (χ0n) is 10.5. The number of nitrogens with one attached hydrogen (secondary N) is 1. The van der Waals surface area contributed by atoms with Crippen molar-refractivity contribution in [1.29, 1.82) is 0 Å². The SMILES string of the molecule is CCNC(C=C(C)C)CCc1cccnc1. The normalized spacial score (nSPS) is 12.2. The van der Waals surface area contributed by atoms with Gasteiger partial charge in [-0.3, -0.25) is 4.98 Å². The van der Waals surface area contributed by atoms with Crippen LogP contribution in [0.4, 0.5) is 0 Å². The van der Waals surface area contributed by atoms with Crippen LogP contribution in [0, 0.1) is 0 Å². The molecule has 1 rings (SSSR count). The third kappa shape index (κ3) is 5.08. The van der Waals surface area contributed by atoms with Gasteiger partial charge >= 0.3 is 0 Å². The fourth-order valence-electron chi connectivity index (χ4n) is 1.78. The van der Waals surface area contributed by atoms with Gasteiger partial charge in [-0.05, 0) is 44.9 Å². The molecular formula is C14H22N2. The van der Waals surface area contributed by atoms with Gasteiger partial charge in [0.2, 0.25) is 0 Å². The smallest absolute Gasteiger partial charge is 0.0299 e. The van der Waals surface area contributed by atoms with Crippen LogP contribution in [0.2, 0.25) is 0 Å². The van der Waals surface area contributed by atoms with Gasteiger partial charge in [0, 0.05) is 18.4 Å². The third-order valence-electron chi connectivity index (χ3n) is 2.47. The molecule has 2 nitrogen and oxygen atoms in total. The summed E-state index contributed by atoms with van der Waals surface area (Å²) in [6.45, 7) is 7.46.